The van der Waals surface area contributed by atoms with Gasteiger partial charge in [-0.15, -0.1) is 0 Å². The molecule has 0 aromatic carbocycles. The van der Waals surface area contributed by atoms with Crippen LogP contribution in [0.1, 0.15) is 19.3 Å². The van der Waals surface area contributed by atoms with Crippen molar-refractivity contribution < 1.29 is 24.6 Å². The number of nitrogens with zero attached hydrogens (tertiary/aromatic N) is 1. The van der Waals surface area contributed by atoms with E-state index >= 15 is 0 Å². The predicted molar refractivity (Wildman–Crippen MR) is 61.7 cm³/mol. The van der Waals surface area contributed by atoms with Crippen molar-refractivity contribution in [3.63, 3.8) is 0 Å². The second-order valence-electron chi connectivity index (χ2n) is 3.48. The van der Waals surface area contributed by atoms with E-state index < -0.39 is 30.3 Å². The average Bonchev–Trinajstić information content (AvgIpc) is 2.20. The minimum atomic E-state index is -1.32. The van der Waals surface area contributed by atoms with E-state index in [-0.39, 0.29) is 18.9 Å². The summed E-state index contributed by atoms with van der Waals surface area (Å²) in [6.45, 7) is 0.237. The van der Waals surface area contributed by atoms with Crippen LogP contribution in [0.25, 0.3) is 0 Å². The molecule has 7 N–H and O–H groups in total. The molecular formula is C9H16N4O5. The molecule has 0 saturated carbocycles. The molecular weight excluding hydrogens is 244 g/mol. The molecule has 9 nitrogen and oxygen atoms in total. The number of nitrogens with two attached hydrogens (primary N) is 2. The summed E-state index contributed by atoms with van der Waals surface area (Å²) in [5.74, 6) is -3.51. The van der Waals surface area contributed by atoms with Gasteiger partial charge in [-0.05, 0) is 12.8 Å². The Bertz CT molecular complexity index is 351. The third-order valence-electron chi connectivity index (χ3n) is 1.89. The number of guanidine groups is 1. The molecule has 0 aromatic rings. The number of aliphatic imine (C=N–C) groups is 1. The number of amides is 1. The molecule has 18 heavy (non-hydrogen) atoms. The van der Waals surface area contributed by atoms with Gasteiger partial charge in [-0.1, -0.05) is 0 Å². The Labute approximate surface area is 103 Å². The predicted octanol–water partition coefficient (Wildman–Crippen LogP) is -1.92. The maximum absolute atomic E-state index is 11.1. The van der Waals surface area contributed by atoms with Gasteiger partial charge in [-0.2, -0.15) is 0 Å². The first-order valence-electron chi connectivity index (χ1n) is 5.12. The topological polar surface area (TPSA) is 168 Å². The zero-order valence-electron chi connectivity index (χ0n) is 9.63. The van der Waals surface area contributed by atoms with Crippen LogP contribution >= 0.6 is 0 Å². The van der Waals surface area contributed by atoms with Crippen LogP contribution in [-0.4, -0.2) is 46.6 Å². The van der Waals surface area contributed by atoms with Crippen LogP contribution in [0, 0.1) is 0 Å². The number of rotatable bonds is 8. The molecule has 0 bridgehead atoms. The molecule has 0 unspecified atom stereocenters. The first-order chi connectivity index (χ1) is 8.32. The van der Waals surface area contributed by atoms with E-state index in [0.29, 0.717) is 6.42 Å². The van der Waals surface area contributed by atoms with E-state index in [0.717, 1.165) is 0 Å². The van der Waals surface area contributed by atoms with Crippen LogP contribution in [-0.2, 0) is 14.4 Å². The van der Waals surface area contributed by atoms with Gasteiger partial charge in [0.1, 0.15) is 12.5 Å². The van der Waals surface area contributed by atoms with Crippen molar-refractivity contribution >= 4 is 23.8 Å². The van der Waals surface area contributed by atoms with E-state index in [4.69, 9.17) is 21.7 Å². The summed E-state index contributed by atoms with van der Waals surface area (Å²) >= 11 is 0. The Morgan fingerprint density at radius 1 is 1.22 bits per heavy atom. The second kappa shape index (κ2) is 7.87. The largest absolute Gasteiger partial charge is 0.481 e. The summed E-state index contributed by atoms with van der Waals surface area (Å²) in [6, 6.07) is -1.15. The van der Waals surface area contributed by atoms with Crippen molar-refractivity contribution in [1.29, 1.82) is 0 Å². The van der Waals surface area contributed by atoms with Crippen molar-refractivity contribution in [3.8, 4) is 0 Å². The van der Waals surface area contributed by atoms with Gasteiger partial charge >= 0.3 is 11.9 Å². The van der Waals surface area contributed by atoms with Gasteiger partial charge in [0.15, 0.2) is 5.96 Å². The number of aliphatic carboxylic acids is 2. The molecule has 9 heteroatoms. The fourth-order valence-electron chi connectivity index (χ4n) is 1.14. The summed E-state index contributed by atoms with van der Waals surface area (Å²) in [5.41, 5.74) is 10.2. The molecule has 0 aliphatic heterocycles. The second-order valence-corrected chi connectivity index (χ2v) is 3.48. The van der Waals surface area contributed by atoms with Crippen LogP contribution < -0.4 is 16.8 Å². The lowest BCUT2D eigenvalue weighted by Gasteiger charge is -2.13. The average molecular weight is 260 g/mol. The lowest BCUT2D eigenvalue weighted by molar-refractivity contribution is -0.145. The van der Waals surface area contributed by atoms with E-state index in [1.807, 2.05) is 0 Å². The molecule has 1 amide bonds. The molecule has 0 aromatic heterocycles. The van der Waals surface area contributed by atoms with E-state index in [9.17, 15) is 14.4 Å². The number of carbonyl (C=O) groups excluding carboxylic acids is 1. The number of nitrogens with one attached hydrogen (secondary N) is 1. The molecule has 0 saturated heterocycles. The van der Waals surface area contributed by atoms with Crippen molar-refractivity contribution in [2.45, 2.75) is 25.3 Å². The van der Waals surface area contributed by atoms with Crippen LogP contribution in [0.2, 0.25) is 0 Å². The molecule has 0 aliphatic carbocycles. The first-order valence-corrected chi connectivity index (χ1v) is 5.12. The molecule has 0 fully saturated rings. The van der Waals surface area contributed by atoms with Gasteiger partial charge in [0, 0.05) is 6.54 Å². The zero-order chi connectivity index (χ0) is 14.1. The Morgan fingerprint density at radius 3 is 2.28 bits per heavy atom. The highest BCUT2D eigenvalue weighted by atomic mass is 16.4. The Hall–Kier alpha value is -2.32. The fourth-order valence-corrected chi connectivity index (χ4v) is 1.14. The maximum Gasteiger partial charge on any atom is 0.326 e. The molecule has 0 heterocycles. The Morgan fingerprint density at radius 2 is 1.83 bits per heavy atom. The third kappa shape index (κ3) is 7.91. The molecule has 1 atom stereocenters. The van der Waals surface area contributed by atoms with E-state index in [1.54, 1.807) is 0 Å². The highest BCUT2D eigenvalue weighted by Gasteiger charge is 2.20. The molecule has 0 rings (SSSR count). The van der Waals surface area contributed by atoms with Crippen LogP contribution in [0.15, 0.2) is 4.99 Å². The van der Waals surface area contributed by atoms with Gasteiger partial charge < -0.3 is 27.0 Å². The summed E-state index contributed by atoms with van der Waals surface area (Å²) in [7, 11) is 0. The molecule has 0 spiro atoms. The highest BCUT2D eigenvalue weighted by Crippen LogP contribution is 1.99. The van der Waals surface area contributed by atoms with Crippen molar-refractivity contribution in [3.05, 3.63) is 0 Å². The van der Waals surface area contributed by atoms with Crippen LogP contribution in [0.4, 0.5) is 0 Å². The highest BCUT2D eigenvalue weighted by molar-refractivity contribution is 5.95. The third-order valence-corrected chi connectivity index (χ3v) is 1.89. The normalized spacial score (nSPS) is 11.3. The maximum atomic E-state index is 11.1. The number of carbonyl (C=O) groups is 3. The molecule has 0 radical (unpaired) electrons. The fraction of sp³-hybridized carbons (Fsp3) is 0.556. The quantitative estimate of drug-likeness (QED) is 0.147. The molecule has 102 valence electrons. The van der Waals surface area contributed by atoms with Crippen molar-refractivity contribution in [1.82, 2.24) is 5.32 Å². The lowest BCUT2D eigenvalue weighted by Crippen LogP contribution is -2.41. The van der Waals surface area contributed by atoms with Crippen molar-refractivity contribution in [2.24, 2.45) is 16.5 Å². The smallest absolute Gasteiger partial charge is 0.326 e. The van der Waals surface area contributed by atoms with Gasteiger partial charge in [0.2, 0.25) is 5.91 Å². The van der Waals surface area contributed by atoms with E-state index in [1.165, 1.54) is 0 Å². The summed E-state index contributed by atoms with van der Waals surface area (Å²) in [4.78, 5) is 35.8. The van der Waals surface area contributed by atoms with Crippen LogP contribution in [0.5, 0.6) is 0 Å². The minimum Gasteiger partial charge on any atom is -0.481 e. The van der Waals surface area contributed by atoms with Gasteiger partial charge in [0.25, 0.3) is 0 Å². The minimum absolute atomic E-state index is 0.100. The summed E-state index contributed by atoms with van der Waals surface area (Å²) in [6.07, 6.45) is -0.308. The Kier molecular flexibility index (Phi) is 6.86. The van der Waals surface area contributed by atoms with Crippen molar-refractivity contribution in [2.75, 3.05) is 6.54 Å². The summed E-state index contributed by atoms with van der Waals surface area (Å²) < 4.78 is 0. The number of hydrogen-bond acceptors (Lipinski definition) is 4. The lowest BCUT2D eigenvalue weighted by atomic mass is 10.1. The SMILES string of the molecule is NC(N)=NCCC[C@@H](NC(=O)CC(=O)O)C(=O)O. The van der Waals surface area contributed by atoms with Gasteiger partial charge in [-0.25, -0.2) is 4.79 Å². The Balaban J connectivity index is 4.15. The van der Waals surface area contributed by atoms with Gasteiger partial charge in [0.05, 0.1) is 0 Å². The monoisotopic (exact) mass is 260 g/mol. The number of carboxylic acids is 2. The number of carboxylic acid groups (broad SMARTS) is 2. The zero-order valence-corrected chi connectivity index (χ0v) is 9.63. The summed E-state index contributed by atoms with van der Waals surface area (Å²) in [5, 5.41) is 19.3. The molecule has 0 aliphatic rings. The van der Waals surface area contributed by atoms with Gasteiger partial charge in [-0.3, -0.25) is 14.6 Å². The number of hydrogen-bond donors (Lipinski definition) is 5. The standard InChI is InChI=1S/C9H16N4O5/c10-9(11)12-3-1-2-5(8(17)18)13-6(14)4-7(15)16/h5H,1-4H2,(H,13,14)(H,15,16)(H,17,18)(H4,10,11,12)/t5-/m1/s1. The van der Waals surface area contributed by atoms with E-state index in [2.05, 4.69) is 10.3 Å². The van der Waals surface area contributed by atoms with Crippen LogP contribution in [0.3, 0.4) is 0 Å². The first kappa shape index (κ1) is 15.7.